The first-order chi connectivity index (χ1) is 9.26. The third kappa shape index (κ3) is 3.64. The fourth-order valence-corrected chi connectivity index (χ4v) is 2.59. The van der Waals surface area contributed by atoms with E-state index in [0.29, 0.717) is 18.1 Å². The Labute approximate surface area is 124 Å². The van der Waals surface area contributed by atoms with Gasteiger partial charge in [0.1, 0.15) is 5.60 Å². The van der Waals surface area contributed by atoms with Gasteiger partial charge in [-0.1, -0.05) is 23.7 Å². The molecule has 0 saturated carbocycles. The Balaban J connectivity index is 2.07. The highest BCUT2D eigenvalue weighted by Crippen LogP contribution is 2.29. The number of nitrogens with two attached hydrogens (primary N) is 1. The topological polar surface area (TPSA) is 55.6 Å². The van der Waals surface area contributed by atoms with E-state index in [4.69, 9.17) is 22.1 Å². The summed E-state index contributed by atoms with van der Waals surface area (Å²) in [6, 6.07) is 7.54. The van der Waals surface area contributed by atoms with Crippen molar-refractivity contribution in [2.45, 2.75) is 38.3 Å². The molecule has 0 radical (unpaired) electrons. The highest BCUT2D eigenvalue weighted by Gasteiger charge is 2.35. The molecule has 0 bridgehead atoms. The Kier molecular flexibility index (Phi) is 4.25. The first kappa shape index (κ1) is 15.1. The highest BCUT2D eigenvalue weighted by molar-refractivity contribution is 6.30. The molecule has 0 aliphatic carbocycles. The van der Waals surface area contributed by atoms with Crippen LogP contribution >= 0.6 is 11.6 Å². The summed E-state index contributed by atoms with van der Waals surface area (Å²) in [5, 5.41) is 0.686. The van der Waals surface area contributed by atoms with E-state index in [-0.39, 0.29) is 18.1 Å². The number of benzene rings is 1. The smallest absolute Gasteiger partial charge is 0.410 e. The van der Waals surface area contributed by atoms with Crippen molar-refractivity contribution in [3.05, 3.63) is 34.9 Å². The van der Waals surface area contributed by atoms with Crippen LogP contribution in [0.3, 0.4) is 0 Å². The number of hydrogen-bond acceptors (Lipinski definition) is 3. The van der Waals surface area contributed by atoms with E-state index in [1.54, 1.807) is 4.90 Å². The van der Waals surface area contributed by atoms with Gasteiger partial charge in [-0.3, -0.25) is 0 Å². The van der Waals surface area contributed by atoms with Crippen molar-refractivity contribution in [3.8, 4) is 0 Å². The van der Waals surface area contributed by atoms with E-state index in [9.17, 15) is 4.79 Å². The molecule has 0 spiro atoms. The molecule has 2 rings (SSSR count). The van der Waals surface area contributed by atoms with E-state index < -0.39 is 5.60 Å². The maximum absolute atomic E-state index is 12.1. The SMILES string of the molecule is CC(C)(C)OC(=O)N1CC(N)C(c2cccc(Cl)c2)C1. The molecular weight excluding hydrogens is 276 g/mol. The summed E-state index contributed by atoms with van der Waals surface area (Å²) in [7, 11) is 0. The molecule has 1 aromatic carbocycles. The summed E-state index contributed by atoms with van der Waals surface area (Å²) in [5.74, 6) is 0.0984. The molecular formula is C15H21ClN2O2. The second kappa shape index (κ2) is 5.62. The van der Waals surface area contributed by atoms with Gasteiger partial charge in [-0.25, -0.2) is 4.79 Å². The van der Waals surface area contributed by atoms with Crippen molar-refractivity contribution in [2.24, 2.45) is 5.73 Å². The number of carbonyl (C=O) groups is 1. The molecule has 1 saturated heterocycles. The van der Waals surface area contributed by atoms with Crippen LogP contribution in [0.5, 0.6) is 0 Å². The van der Waals surface area contributed by atoms with Gasteiger partial charge in [-0.15, -0.1) is 0 Å². The van der Waals surface area contributed by atoms with Crippen LogP contribution in [0.4, 0.5) is 4.79 Å². The van der Waals surface area contributed by atoms with Crippen molar-refractivity contribution in [3.63, 3.8) is 0 Å². The molecule has 0 aromatic heterocycles. The molecule has 1 heterocycles. The zero-order chi connectivity index (χ0) is 14.9. The minimum atomic E-state index is -0.491. The van der Waals surface area contributed by atoms with Crippen molar-refractivity contribution in [2.75, 3.05) is 13.1 Å². The minimum Gasteiger partial charge on any atom is -0.444 e. The fraction of sp³-hybridized carbons (Fsp3) is 0.533. The average molecular weight is 297 g/mol. The van der Waals surface area contributed by atoms with Gasteiger partial charge in [0.2, 0.25) is 0 Å². The van der Waals surface area contributed by atoms with E-state index in [0.717, 1.165) is 5.56 Å². The molecule has 5 heteroatoms. The molecule has 20 heavy (non-hydrogen) atoms. The predicted octanol–water partition coefficient (Wildman–Crippen LogP) is 3.00. The summed E-state index contributed by atoms with van der Waals surface area (Å²) in [6.07, 6.45) is -0.308. The number of likely N-dealkylation sites (tertiary alicyclic amines) is 1. The van der Waals surface area contributed by atoms with Gasteiger partial charge in [-0.2, -0.15) is 0 Å². The molecule has 2 atom stereocenters. The predicted molar refractivity (Wildman–Crippen MR) is 80.0 cm³/mol. The second-order valence-corrected chi connectivity index (χ2v) is 6.65. The largest absolute Gasteiger partial charge is 0.444 e. The standard InChI is InChI=1S/C15H21ClN2O2/c1-15(2,3)20-14(19)18-8-12(13(17)9-18)10-5-4-6-11(16)7-10/h4-7,12-13H,8-9,17H2,1-3H3. The molecule has 1 aromatic rings. The lowest BCUT2D eigenvalue weighted by molar-refractivity contribution is 0.0290. The lowest BCUT2D eigenvalue weighted by atomic mass is 9.95. The summed E-state index contributed by atoms with van der Waals surface area (Å²) in [6.45, 7) is 6.64. The molecule has 4 nitrogen and oxygen atoms in total. The number of hydrogen-bond donors (Lipinski definition) is 1. The number of amides is 1. The summed E-state index contributed by atoms with van der Waals surface area (Å²) in [4.78, 5) is 13.7. The lowest BCUT2D eigenvalue weighted by Crippen LogP contribution is -2.36. The van der Waals surface area contributed by atoms with Crippen LogP contribution in [0.25, 0.3) is 0 Å². The minimum absolute atomic E-state index is 0.0963. The van der Waals surface area contributed by atoms with Crippen molar-refractivity contribution in [1.29, 1.82) is 0 Å². The Morgan fingerprint density at radius 1 is 1.40 bits per heavy atom. The average Bonchev–Trinajstić information content (AvgIpc) is 2.69. The van der Waals surface area contributed by atoms with Gasteiger partial charge >= 0.3 is 6.09 Å². The van der Waals surface area contributed by atoms with Gasteiger partial charge in [0, 0.05) is 30.1 Å². The van der Waals surface area contributed by atoms with Crippen LogP contribution in [-0.4, -0.2) is 35.7 Å². The van der Waals surface area contributed by atoms with Gasteiger partial charge in [0.15, 0.2) is 0 Å². The van der Waals surface area contributed by atoms with Crippen LogP contribution in [0, 0.1) is 0 Å². The number of halogens is 1. The summed E-state index contributed by atoms with van der Waals surface area (Å²) in [5.41, 5.74) is 6.74. The maximum Gasteiger partial charge on any atom is 0.410 e. The number of rotatable bonds is 1. The van der Waals surface area contributed by atoms with Crippen LogP contribution in [0.1, 0.15) is 32.3 Å². The second-order valence-electron chi connectivity index (χ2n) is 6.21. The quantitative estimate of drug-likeness (QED) is 0.867. The van der Waals surface area contributed by atoms with Gasteiger partial charge < -0.3 is 15.4 Å². The first-order valence-corrected chi connectivity index (χ1v) is 7.13. The normalized spacial score (nSPS) is 22.9. The molecule has 2 unspecified atom stereocenters. The van der Waals surface area contributed by atoms with Crippen molar-refractivity contribution < 1.29 is 9.53 Å². The van der Waals surface area contributed by atoms with Gasteiger partial charge in [-0.05, 0) is 38.5 Å². The Bertz CT molecular complexity index is 499. The Morgan fingerprint density at radius 3 is 2.70 bits per heavy atom. The molecule has 1 amide bonds. The summed E-state index contributed by atoms with van der Waals surface area (Å²) >= 11 is 6.01. The molecule has 1 aliphatic heterocycles. The Hall–Kier alpha value is -1.26. The van der Waals surface area contributed by atoms with Crippen LogP contribution in [0.15, 0.2) is 24.3 Å². The fourth-order valence-electron chi connectivity index (χ4n) is 2.39. The van der Waals surface area contributed by atoms with E-state index in [1.165, 1.54) is 0 Å². The third-order valence-electron chi connectivity index (χ3n) is 3.29. The zero-order valence-electron chi connectivity index (χ0n) is 12.1. The first-order valence-electron chi connectivity index (χ1n) is 6.75. The van der Waals surface area contributed by atoms with Gasteiger partial charge in [0.25, 0.3) is 0 Å². The van der Waals surface area contributed by atoms with E-state index in [1.807, 2.05) is 45.0 Å². The Morgan fingerprint density at radius 2 is 2.10 bits per heavy atom. The third-order valence-corrected chi connectivity index (χ3v) is 3.53. The number of ether oxygens (including phenoxy) is 1. The van der Waals surface area contributed by atoms with Crippen molar-refractivity contribution >= 4 is 17.7 Å². The van der Waals surface area contributed by atoms with Crippen molar-refractivity contribution in [1.82, 2.24) is 4.90 Å². The molecule has 1 fully saturated rings. The van der Waals surface area contributed by atoms with Gasteiger partial charge in [0.05, 0.1) is 0 Å². The van der Waals surface area contributed by atoms with E-state index >= 15 is 0 Å². The molecule has 2 N–H and O–H groups in total. The number of nitrogens with zero attached hydrogens (tertiary/aromatic N) is 1. The van der Waals surface area contributed by atoms with E-state index in [2.05, 4.69) is 0 Å². The zero-order valence-corrected chi connectivity index (χ0v) is 12.9. The molecule has 1 aliphatic rings. The lowest BCUT2D eigenvalue weighted by Gasteiger charge is -2.24. The molecule has 110 valence electrons. The maximum atomic E-state index is 12.1. The highest BCUT2D eigenvalue weighted by atomic mass is 35.5. The van der Waals surface area contributed by atoms with Crippen LogP contribution in [-0.2, 0) is 4.74 Å². The van der Waals surface area contributed by atoms with Crippen LogP contribution < -0.4 is 5.73 Å². The van der Waals surface area contributed by atoms with Crippen LogP contribution in [0.2, 0.25) is 5.02 Å². The number of carbonyl (C=O) groups excluding carboxylic acids is 1. The summed E-state index contributed by atoms with van der Waals surface area (Å²) < 4.78 is 5.38. The monoisotopic (exact) mass is 296 g/mol.